The zero-order valence-electron chi connectivity index (χ0n) is 22.8. The van der Waals surface area contributed by atoms with Crippen LogP contribution in [0.4, 0.5) is 22.0 Å². The van der Waals surface area contributed by atoms with Crippen LogP contribution in [-0.2, 0) is 32.1 Å². The number of ether oxygens (including phenoxy) is 1. The first-order valence-corrected chi connectivity index (χ1v) is 14.0. The summed E-state index contributed by atoms with van der Waals surface area (Å²) in [7, 11) is 0. The Bertz CT molecular complexity index is 1420. The van der Waals surface area contributed by atoms with Crippen LogP contribution in [0.1, 0.15) is 66.8 Å². The molecular formula is C34H35F5O. The second kappa shape index (κ2) is 14.3. The van der Waals surface area contributed by atoms with Crippen molar-refractivity contribution in [3.8, 4) is 5.75 Å². The van der Waals surface area contributed by atoms with Crippen molar-refractivity contribution in [2.75, 3.05) is 0 Å². The lowest BCUT2D eigenvalue weighted by Crippen LogP contribution is -2.04. The van der Waals surface area contributed by atoms with E-state index in [0.29, 0.717) is 47.8 Å². The maximum Gasteiger partial charge on any atom is 0.387 e. The fourth-order valence-electron chi connectivity index (χ4n) is 5.07. The van der Waals surface area contributed by atoms with Crippen LogP contribution in [0, 0.1) is 17.5 Å². The first-order valence-electron chi connectivity index (χ1n) is 14.0. The van der Waals surface area contributed by atoms with Crippen molar-refractivity contribution in [3.63, 3.8) is 0 Å². The number of unbranched alkanes of at least 4 members (excludes halogenated alkanes) is 4. The van der Waals surface area contributed by atoms with E-state index in [4.69, 9.17) is 0 Å². The third-order valence-electron chi connectivity index (χ3n) is 7.36. The van der Waals surface area contributed by atoms with Crippen LogP contribution in [0.15, 0.2) is 66.7 Å². The second-order valence-electron chi connectivity index (χ2n) is 10.3. The molecule has 40 heavy (non-hydrogen) atoms. The minimum Gasteiger partial charge on any atom is -0.432 e. The summed E-state index contributed by atoms with van der Waals surface area (Å²) in [6.07, 6.45) is 8.72. The van der Waals surface area contributed by atoms with Crippen molar-refractivity contribution in [1.82, 2.24) is 0 Å². The van der Waals surface area contributed by atoms with Crippen molar-refractivity contribution in [1.29, 1.82) is 0 Å². The first-order chi connectivity index (χ1) is 19.3. The van der Waals surface area contributed by atoms with E-state index < -0.39 is 18.2 Å². The third-order valence-corrected chi connectivity index (χ3v) is 7.36. The summed E-state index contributed by atoms with van der Waals surface area (Å²) in [5.74, 6) is -1.89. The maximum absolute atomic E-state index is 15.3. The lowest BCUT2D eigenvalue weighted by molar-refractivity contribution is -0.0522. The van der Waals surface area contributed by atoms with E-state index in [9.17, 15) is 17.6 Å². The van der Waals surface area contributed by atoms with Gasteiger partial charge < -0.3 is 4.74 Å². The van der Waals surface area contributed by atoms with Crippen molar-refractivity contribution in [2.24, 2.45) is 0 Å². The molecule has 0 aliphatic heterocycles. The molecule has 6 heteroatoms. The van der Waals surface area contributed by atoms with Gasteiger partial charge in [0.25, 0.3) is 0 Å². The lowest BCUT2D eigenvalue weighted by Gasteiger charge is -2.11. The molecule has 0 amide bonds. The highest BCUT2D eigenvalue weighted by molar-refractivity contribution is 5.84. The number of halogens is 5. The van der Waals surface area contributed by atoms with Gasteiger partial charge in [-0.05, 0) is 89.9 Å². The van der Waals surface area contributed by atoms with Gasteiger partial charge in [-0.25, -0.2) is 13.2 Å². The molecule has 212 valence electrons. The minimum absolute atomic E-state index is 0.168. The number of benzene rings is 4. The van der Waals surface area contributed by atoms with Gasteiger partial charge in [-0.15, -0.1) is 0 Å². The molecule has 0 radical (unpaired) electrons. The highest BCUT2D eigenvalue weighted by atomic mass is 19.3. The van der Waals surface area contributed by atoms with E-state index in [2.05, 4.69) is 11.7 Å². The van der Waals surface area contributed by atoms with Crippen molar-refractivity contribution in [2.45, 2.75) is 77.7 Å². The average molecular weight is 555 g/mol. The lowest BCUT2D eigenvalue weighted by atomic mass is 9.96. The zero-order valence-corrected chi connectivity index (χ0v) is 22.8. The molecule has 4 aromatic carbocycles. The molecule has 0 N–H and O–H groups in total. The van der Waals surface area contributed by atoms with Crippen LogP contribution in [-0.4, -0.2) is 6.61 Å². The van der Waals surface area contributed by atoms with Gasteiger partial charge in [0.05, 0.1) is 0 Å². The molecule has 0 saturated heterocycles. The summed E-state index contributed by atoms with van der Waals surface area (Å²) < 4.78 is 72.8. The summed E-state index contributed by atoms with van der Waals surface area (Å²) in [5.41, 5.74) is 3.77. The molecule has 0 bridgehead atoms. The van der Waals surface area contributed by atoms with Crippen LogP contribution in [0.3, 0.4) is 0 Å². The van der Waals surface area contributed by atoms with E-state index in [1.807, 2.05) is 30.3 Å². The largest absolute Gasteiger partial charge is 0.432 e. The Morgan fingerprint density at radius 1 is 0.600 bits per heavy atom. The molecule has 4 rings (SSSR count). The standard InChI is InChI=1S/C34H35F5O/c1-2-3-4-5-6-7-23-8-13-26(30(35)21-23)14-9-24-11-18-29-28(20-24)17-16-27(33(29)37)15-10-25-12-19-32(31(36)22-25)40-34(38)39/h8,11-13,16-22,34H,2-7,9-10,14-15H2,1H3. The van der Waals surface area contributed by atoms with Crippen molar-refractivity contribution >= 4 is 10.8 Å². The Kier molecular flexibility index (Phi) is 10.6. The van der Waals surface area contributed by atoms with Crippen LogP contribution < -0.4 is 4.74 Å². The Morgan fingerprint density at radius 2 is 1.23 bits per heavy atom. The number of aryl methyl sites for hydroxylation is 5. The monoisotopic (exact) mass is 554 g/mol. The zero-order chi connectivity index (χ0) is 28.5. The van der Waals surface area contributed by atoms with Crippen LogP contribution >= 0.6 is 0 Å². The molecule has 0 saturated carbocycles. The summed E-state index contributed by atoms with van der Waals surface area (Å²) >= 11 is 0. The summed E-state index contributed by atoms with van der Waals surface area (Å²) in [6, 6.07) is 18.5. The molecule has 4 aromatic rings. The van der Waals surface area contributed by atoms with E-state index in [-0.39, 0.29) is 11.6 Å². The number of rotatable bonds is 14. The normalized spacial score (nSPS) is 11.5. The van der Waals surface area contributed by atoms with E-state index in [0.717, 1.165) is 41.5 Å². The first kappa shape index (κ1) is 29.6. The van der Waals surface area contributed by atoms with E-state index >= 15 is 4.39 Å². The third kappa shape index (κ3) is 8.06. The average Bonchev–Trinajstić information content (AvgIpc) is 2.93. The summed E-state index contributed by atoms with van der Waals surface area (Å²) in [4.78, 5) is 0. The molecule has 1 nitrogen and oxygen atoms in total. The summed E-state index contributed by atoms with van der Waals surface area (Å²) in [5, 5.41) is 1.25. The quantitative estimate of drug-likeness (QED) is 0.111. The van der Waals surface area contributed by atoms with Gasteiger partial charge in [0.15, 0.2) is 11.6 Å². The number of alkyl halides is 2. The van der Waals surface area contributed by atoms with E-state index in [1.54, 1.807) is 18.2 Å². The molecule has 0 heterocycles. The number of fused-ring (bicyclic) bond motifs is 1. The SMILES string of the molecule is CCCCCCCc1ccc(CCc2ccc3c(F)c(CCc4ccc(OC(F)F)c(F)c4)ccc3c2)c(F)c1. The number of hydrogen-bond acceptors (Lipinski definition) is 1. The van der Waals surface area contributed by atoms with Crippen molar-refractivity contribution in [3.05, 3.63) is 112 Å². The molecule has 0 spiro atoms. The van der Waals surface area contributed by atoms with Gasteiger partial charge in [-0.2, -0.15) is 8.78 Å². The van der Waals surface area contributed by atoms with Gasteiger partial charge in [0.2, 0.25) is 0 Å². The van der Waals surface area contributed by atoms with Gasteiger partial charge in [0, 0.05) is 5.39 Å². The van der Waals surface area contributed by atoms with Crippen LogP contribution in [0.2, 0.25) is 0 Å². The Balaban J connectivity index is 1.35. The predicted molar refractivity (Wildman–Crippen MR) is 151 cm³/mol. The predicted octanol–water partition coefficient (Wildman–Crippen LogP) is 9.94. The summed E-state index contributed by atoms with van der Waals surface area (Å²) in [6.45, 7) is -0.910. The fraction of sp³-hybridized carbons (Fsp3) is 0.353. The molecule has 0 aliphatic carbocycles. The van der Waals surface area contributed by atoms with Gasteiger partial charge in [0.1, 0.15) is 11.6 Å². The number of hydrogen-bond donors (Lipinski definition) is 0. The molecular weight excluding hydrogens is 519 g/mol. The molecule has 0 fully saturated rings. The van der Waals surface area contributed by atoms with Crippen LogP contribution in [0.5, 0.6) is 5.75 Å². The minimum atomic E-state index is -3.10. The Labute approximate surface area is 233 Å². The highest BCUT2D eigenvalue weighted by Gasteiger charge is 2.13. The Hall–Kier alpha value is -3.41. The van der Waals surface area contributed by atoms with Gasteiger partial charge in [-0.3, -0.25) is 0 Å². The van der Waals surface area contributed by atoms with Crippen molar-refractivity contribution < 1.29 is 26.7 Å². The Morgan fingerprint density at radius 3 is 1.95 bits per heavy atom. The molecule has 0 aromatic heterocycles. The van der Waals surface area contributed by atoms with Crippen LogP contribution in [0.25, 0.3) is 10.8 Å². The molecule has 0 aliphatic rings. The smallest absolute Gasteiger partial charge is 0.387 e. The molecule has 0 unspecified atom stereocenters. The molecule has 0 atom stereocenters. The fourth-order valence-corrected chi connectivity index (χ4v) is 5.07. The maximum atomic E-state index is 15.3. The van der Waals surface area contributed by atoms with E-state index in [1.165, 1.54) is 31.7 Å². The second-order valence-corrected chi connectivity index (χ2v) is 10.3. The highest BCUT2D eigenvalue weighted by Crippen LogP contribution is 2.26. The van der Waals surface area contributed by atoms with Gasteiger partial charge in [-0.1, -0.05) is 81.1 Å². The topological polar surface area (TPSA) is 9.23 Å². The van der Waals surface area contributed by atoms with Gasteiger partial charge >= 0.3 is 6.61 Å².